The monoisotopic (exact) mass is 278 g/mol. The summed E-state index contributed by atoms with van der Waals surface area (Å²) in [5.41, 5.74) is 1.29. The fraction of sp³-hybridized carbons (Fsp3) is 0.812. The normalized spacial score (nSPS) is 29.4. The Bertz CT molecular complexity index is 451. The molecule has 0 amide bonds. The summed E-state index contributed by atoms with van der Waals surface area (Å²) in [6.07, 6.45) is 8.41. The molecule has 20 heavy (non-hydrogen) atoms. The molecule has 112 valence electrons. The number of ether oxygens (including phenoxy) is 1. The molecule has 2 saturated carbocycles. The maximum atomic E-state index is 5.96. The zero-order chi connectivity index (χ0) is 14.2. The SMILES string of the molecule is CC1CC(Oc2nc(CNC3CC3)co2)CC(C)(C)C1. The number of oxazole rings is 1. The highest BCUT2D eigenvalue weighted by atomic mass is 16.6. The molecule has 4 heteroatoms. The van der Waals surface area contributed by atoms with E-state index in [9.17, 15) is 0 Å². The summed E-state index contributed by atoms with van der Waals surface area (Å²) >= 11 is 0. The molecule has 4 nitrogen and oxygen atoms in total. The van der Waals surface area contributed by atoms with E-state index < -0.39 is 0 Å². The Labute approximate surface area is 121 Å². The predicted octanol–water partition coefficient (Wildman–Crippen LogP) is 3.52. The van der Waals surface area contributed by atoms with Gasteiger partial charge in [-0.2, -0.15) is 4.98 Å². The van der Waals surface area contributed by atoms with Gasteiger partial charge >= 0.3 is 6.08 Å². The fourth-order valence-electron chi connectivity index (χ4n) is 3.45. The molecular formula is C16H26N2O2. The van der Waals surface area contributed by atoms with Crippen molar-refractivity contribution in [1.82, 2.24) is 10.3 Å². The predicted molar refractivity (Wildman–Crippen MR) is 77.6 cm³/mol. The Morgan fingerprint density at radius 2 is 2.20 bits per heavy atom. The molecule has 2 aliphatic rings. The molecule has 2 atom stereocenters. The zero-order valence-corrected chi connectivity index (χ0v) is 12.8. The van der Waals surface area contributed by atoms with Gasteiger partial charge < -0.3 is 14.5 Å². The second-order valence-electron chi connectivity index (χ2n) is 7.41. The van der Waals surface area contributed by atoms with Crippen LogP contribution in [0, 0.1) is 11.3 Å². The van der Waals surface area contributed by atoms with E-state index in [-0.39, 0.29) is 6.10 Å². The highest BCUT2D eigenvalue weighted by molar-refractivity contribution is 5.01. The molecular weight excluding hydrogens is 252 g/mol. The van der Waals surface area contributed by atoms with Gasteiger partial charge in [-0.15, -0.1) is 0 Å². The average molecular weight is 278 g/mol. The van der Waals surface area contributed by atoms with Crippen LogP contribution in [0.15, 0.2) is 10.7 Å². The minimum atomic E-state index is 0.233. The van der Waals surface area contributed by atoms with Crippen LogP contribution in [0.4, 0.5) is 0 Å². The molecule has 1 aromatic heterocycles. The summed E-state index contributed by atoms with van der Waals surface area (Å²) in [4.78, 5) is 4.43. The van der Waals surface area contributed by atoms with Crippen molar-refractivity contribution < 1.29 is 9.15 Å². The molecule has 0 aliphatic heterocycles. The summed E-state index contributed by atoms with van der Waals surface area (Å²) in [6, 6.07) is 0.691. The summed E-state index contributed by atoms with van der Waals surface area (Å²) in [7, 11) is 0. The van der Waals surface area contributed by atoms with Crippen LogP contribution in [0.2, 0.25) is 0 Å². The molecule has 0 radical (unpaired) electrons. The van der Waals surface area contributed by atoms with Crippen molar-refractivity contribution >= 4 is 0 Å². The van der Waals surface area contributed by atoms with Gasteiger partial charge in [0, 0.05) is 12.6 Å². The first-order valence-electron chi connectivity index (χ1n) is 7.85. The van der Waals surface area contributed by atoms with Gasteiger partial charge in [-0.25, -0.2) is 0 Å². The maximum absolute atomic E-state index is 5.96. The zero-order valence-electron chi connectivity index (χ0n) is 12.8. The minimum Gasteiger partial charge on any atom is -0.447 e. The molecule has 0 bridgehead atoms. The van der Waals surface area contributed by atoms with E-state index in [0.717, 1.165) is 25.1 Å². The maximum Gasteiger partial charge on any atom is 0.394 e. The van der Waals surface area contributed by atoms with Gasteiger partial charge in [0.2, 0.25) is 0 Å². The van der Waals surface area contributed by atoms with Crippen LogP contribution in [-0.4, -0.2) is 17.1 Å². The number of hydrogen-bond acceptors (Lipinski definition) is 4. The average Bonchev–Trinajstić information content (AvgIpc) is 3.05. The molecule has 0 spiro atoms. The van der Waals surface area contributed by atoms with Crippen LogP contribution >= 0.6 is 0 Å². The highest BCUT2D eigenvalue weighted by Gasteiger charge is 2.33. The molecule has 1 heterocycles. The van der Waals surface area contributed by atoms with E-state index in [2.05, 4.69) is 31.1 Å². The van der Waals surface area contributed by atoms with Gasteiger partial charge in [-0.1, -0.05) is 20.8 Å². The molecule has 2 unspecified atom stereocenters. The van der Waals surface area contributed by atoms with Crippen LogP contribution in [0.1, 0.15) is 58.6 Å². The van der Waals surface area contributed by atoms with Gasteiger partial charge in [-0.05, 0) is 43.4 Å². The lowest BCUT2D eigenvalue weighted by molar-refractivity contribution is 0.0365. The summed E-state index contributed by atoms with van der Waals surface area (Å²) < 4.78 is 11.4. The van der Waals surface area contributed by atoms with E-state index in [0.29, 0.717) is 23.5 Å². The Kier molecular flexibility index (Phi) is 3.76. The van der Waals surface area contributed by atoms with Gasteiger partial charge in [-0.3, -0.25) is 0 Å². The summed E-state index contributed by atoms with van der Waals surface area (Å²) in [6.45, 7) is 7.72. The lowest BCUT2D eigenvalue weighted by Gasteiger charge is -2.38. The largest absolute Gasteiger partial charge is 0.447 e. The van der Waals surface area contributed by atoms with Crippen LogP contribution in [0.25, 0.3) is 0 Å². The fourth-order valence-corrected chi connectivity index (χ4v) is 3.45. The second kappa shape index (κ2) is 5.40. The van der Waals surface area contributed by atoms with Crippen molar-refractivity contribution in [2.24, 2.45) is 11.3 Å². The van der Waals surface area contributed by atoms with Gasteiger partial charge in [0.1, 0.15) is 12.4 Å². The second-order valence-corrected chi connectivity index (χ2v) is 7.41. The van der Waals surface area contributed by atoms with E-state index in [1.54, 1.807) is 6.26 Å². The lowest BCUT2D eigenvalue weighted by Crippen LogP contribution is -2.34. The third-order valence-corrected chi connectivity index (χ3v) is 4.29. The number of nitrogens with one attached hydrogen (secondary N) is 1. The molecule has 0 saturated heterocycles. The summed E-state index contributed by atoms with van der Waals surface area (Å²) in [5, 5.41) is 3.43. The Morgan fingerprint density at radius 1 is 1.40 bits per heavy atom. The topological polar surface area (TPSA) is 47.3 Å². The standard InChI is InChI=1S/C16H26N2O2/c1-11-6-14(8-16(2,3)7-11)20-15-18-13(10-19-15)9-17-12-4-5-12/h10-12,14,17H,4-9H2,1-3H3. The third-order valence-electron chi connectivity index (χ3n) is 4.29. The molecule has 2 aliphatic carbocycles. The Morgan fingerprint density at radius 3 is 2.90 bits per heavy atom. The van der Waals surface area contributed by atoms with Crippen molar-refractivity contribution in [2.45, 2.75) is 71.6 Å². The molecule has 1 N–H and O–H groups in total. The van der Waals surface area contributed by atoms with Crippen LogP contribution in [0.3, 0.4) is 0 Å². The van der Waals surface area contributed by atoms with Gasteiger partial charge in [0.25, 0.3) is 0 Å². The van der Waals surface area contributed by atoms with E-state index in [1.165, 1.54) is 19.3 Å². The smallest absolute Gasteiger partial charge is 0.394 e. The summed E-state index contributed by atoms with van der Waals surface area (Å²) in [5.74, 6) is 0.703. The van der Waals surface area contributed by atoms with Crippen LogP contribution in [0.5, 0.6) is 6.08 Å². The van der Waals surface area contributed by atoms with Gasteiger partial charge in [0.05, 0.1) is 5.69 Å². The van der Waals surface area contributed by atoms with Crippen molar-refractivity contribution in [3.63, 3.8) is 0 Å². The van der Waals surface area contributed by atoms with E-state index >= 15 is 0 Å². The van der Waals surface area contributed by atoms with Crippen molar-refractivity contribution in [3.05, 3.63) is 12.0 Å². The Hall–Kier alpha value is -1.03. The molecule has 2 fully saturated rings. The number of nitrogens with zero attached hydrogens (tertiary/aromatic N) is 1. The van der Waals surface area contributed by atoms with E-state index in [1.807, 2.05) is 0 Å². The number of rotatable bonds is 5. The van der Waals surface area contributed by atoms with Crippen LogP contribution < -0.4 is 10.1 Å². The Balaban J connectivity index is 1.53. The van der Waals surface area contributed by atoms with Crippen molar-refractivity contribution in [2.75, 3.05) is 0 Å². The number of aromatic nitrogens is 1. The van der Waals surface area contributed by atoms with E-state index in [4.69, 9.17) is 9.15 Å². The van der Waals surface area contributed by atoms with Crippen molar-refractivity contribution in [3.8, 4) is 6.08 Å². The molecule has 1 aromatic rings. The first-order valence-corrected chi connectivity index (χ1v) is 7.85. The number of hydrogen-bond donors (Lipinski definition) is 1. The van der Waals surface area contributed by atoms with Crippen molar-refractivity contribution in [1.29, 1.82) is 0 Å². The first-order chi connectivity index (χ1) is 9.50. The first kappa shape index (κ1) is 13.9. The molecule has 0 aromatic carbocycles. The van der Waals surface area contributed by atoms with Crippen LogP contribution in [-0.2, 0) is 6.54 Å². The highest BCUT2D eigenvalue weighted by Crippen LogP contribution is 2.39. The quantitative estimate of drug-likeness (QED) is 0.895. The third kappa shape index (κ3) is 3.75. The minimum absolute atomic E-state index is 0.233. The lowest BCUT2D eigenvalue weighted by atomic mass is 9.71. The molecule has 3 rings (SSSR count). The van der Waals surface area contributed by atoms with Gasteiger partial charge in [0.15, 0.2) is 0 Å².